The van der Waals surface area contributed by atoms with Crippen molar-refractivity contribution in [2.75, 3.05) is 6.54 Å². The van der Waals surface area contributed by atoms with Crippen LogP contribution in [0.4, 0.5) is 0 Å². The van der Waals surface area contributed by atoms with Gasteiger partial charge in [-0.15, -0.1) is 0 Å². The Kier molecular flexibility index (Phi) is 2.63. The summed E-state index contributed by atoms with van der Waals surface area (Å²) in [6.07, 6.45) is 0.898. The highest BCUT2D eigenvalue weighted by molar-refractivity contribution is 5.96. The van der Waals surface area contributed by atoms with Gasteiger partial charge in [0.1, 0.15) is 0 Å². The smallest absolute Gasteiger partial charge is 0.254 e. The van der Waals surface area contributed by atoms with E-state index in [1.807, 2.05) is 42.2 Å². The van der Waals surface area contributed by atoms with Crippen molar-refractivity contribution in [2.24, 2.45) is 0 Å². The molecule has 4 nitrogen and oxygen atoms in total. The molecule has 1 amide bonds. The minimum atomic E-state index is 0.0749. The van der Waals surface area contributed by atoms with Crippen LogP contribution in [0.3, 0.4) is 0 Å². The predicted octanol–water partition coefficient (Wildman–Crippen LogP) is 2.18. The van der Waals surface area contributed by atoms with Gasteiger partial charge in [0.2, 0.25) is 0 Å². The van der Waals surface area contributed by atoms with Gasteiger partial charge in [-0.2, -0.15) is 0 Å². The lowest BCUT2D eigenvalue weighted by molar-refractivity contribution is 0.0711. The number of hydrogen-bond acceptors (Lipinski definition) is 3. The number of aromatic nitrogens is 1. The Morgan fingerprint density at radius 2 is 2.22 bits per heavy atom. The van der Waals surface area contributed by atoms with Crippen LogP contribution in [0.2, 0.25) is 0 Å². The molecule has 1 aliphatic rings. The van der Waals surface area contributed by atoms with E-state index in [4.69, 9.17) is 4.52 Å². The molecule has 0 unspecified atom stereocenters. The molecule has 1 aliphatic heterocycles. The quantitative estimate of drug-likeness (QED) is 0.811. The average molecular weight is 242 g/mol. The van der Waals surface area contributed by atoms with Gasteiger partial charge in [0.15, 0.2) is 5.76 Å². The zero-order valence-electron chi connectivity index (χ0n) is 10.2. The first-order chi connectivity index (χ1) is 8.74. The Morgan fingerprint density at radius 3 is 3.00 bits per heavy atom. The van der Waals surface area contributed by atoms with Gasteiger partial charge >= 0.3 is 0 Å². The van der Waals surface area contributed by atoms with Gasteiger partial charge in [-0.25, -0.2) is 0 Å². The highest BCUT2D eigenvalue weighted by atomic mass is 16.5. The van der Waals surface area contributed by atoms with Crippen LogP contribution in [0.25, 0.3) is 0 Å². The van der Waals surface area contributed by atoms with E-state index in [0.717, 1.165) is 35.5 Å². The van der Waals surface area contributed by atoms with E-state index in [2.05, 4.69) is 5.16 Å². The molecule has 1 aromatic heterocycles. The average Bonchev–Trinajstić information content (AvgIpc) is 2.79. The third-order valence-electron chi connectivity index (χ3n) is 3.21. The molecule has 0 N–H and O–H groups in total. The second kappa shape index (κ2) is 4.29. The van der Waals surface area contributed by atoms with Crippen LogP contribution < -0.4 is 0 Å². The molecule has 0 radical (unpaired) electrons. The van der Waals surface area contributed by atoms with Gasteiger partial charge in [-0.3, -0.25) is 4.79 Å². The molecule has 0 saturated heterocycles. The Bertz CT molecular complexity index is 589. The second-order valence-electron chi connectivity index (χ2n) is 4.57. The summed E-state index contributed by atoms with van der Waals surface area (Å²) >= 11 is 0. The van der Waals surface area contributed by atoms with Crippen LogP contribution in [-0.2, 0) is 13.0 Å². The number of benzene rings is 1. The van der Waals surface area contributed by atoms with Crippen LogP contribution in [0.15, 0.2) is 34.9 Å². The first kappa shape index (κ1) is 11.0. The SMILES string of the molecule is Cc1cc(CN2CCc3ccccc3C2=O)on1. The largest absolute Gasteiger partial charge is 0.359 e. The molecule has 3 rings (SSSR count). The number of nitrogens with zero attached hydrogens (tertiary/aromatic N) is 2. The number of hydrogen-bond donors (Lipinski definition) is 0. The molecule has 0 saturated carbocycles. The van der Waals surface area contributed by atoms with E-state index >= 15 is 0 Å². The summed E-state index contributed by atoms with van der Waals surface area (Å²) in [5.74, 6) is 0.811. The van der Waals surface area contributed by atoms with E-state index in [1.54, 1.807) is 0 Å². The summed E-state index contributed by atoms with van der Waals surface area (Å²) in [5, 5.41) is 3.84. The first-order valence-corrected chi connectivity index (χ1v) is 6.03. The highest BCUT2D eigenvalue weighted by Gasteiger charge is 2.24. The van der Waals surface area contributed by atoms with Crippen molar-refractivity contribution in [3.8, 4) is 0 Å². The fourth-order valence-electron chi connectivity index (χ4n) is 2.30. The van der Waals surface area contributed by atoms with Crippen molar-refractivity contribution in [1.29, 1.82) is 0 Å². The molecule has 4 heteroatoms. The van der Waals surface area contributed by atoms with Gasteiger partial charge in [-0.1, -0.05) is 23.4 Å². The summed E-state index contributed by atoms with van der Waals surface area (Å²) in [5.41, 5.74) is 2.78. The van der Waals surface area contributed by atoms with Gasteiger partial charge in [-0.05, 0) is 25.0 Å². The summed E-state index contributed by atoms with van der Waals surface area (Å²) in [6, 6.07) is 9.65. The van der Waals surface area contributed by atoms with Gasteiger partial charge in [0.25, 0.3) is 5.91 Å². The number of aryl methyl sites for hydroxylation is 1. The maximum atomic E-state index is 12.3. The zero-order valence-corrected chi connectivity index (χ0v) is 10.2. The molecule has 0 fully saturated rings. The summed E-state index contributed by atoms with van der Waals surface area (Å²) in [4.78, 5) is 14.1. The Hall–Kier alpha value is -2.10. The van der Waals surface area contributed by atoms with E-state index in [-0.39, 0.29) is 5.91 Å². The van der Waals surface area contributed by atoms with Gasteiger partial charge in [0, 0.05) is 18.2 Å². The lowest BCUT2D eigenvalue weighted by atomic mass is 9.99. The first-order valence-electron chi connectivity index (χ1n) is 6.03. The molecule has 2 aromatic rings. The lowest BCUT2D eigenvalue weighted by Gasteiger charge is -2.27. The standard InChI is InChI=1S/C14H14N2O2/c1-10-8-12(18-15-10)9-16-7-6-11-4-2-3-5-13(11)14(16)17/h2-5,8H,6-7,9H2,1H3. The van der Waals surface area contributed by atoms with Crippen LogP contribution in [0, 0.1) is 6.92 Å². The van der Waals surface area contributed by atoms with Gasteiger partial charge < -0.3 is 9.42 Å². The highest BCUT2D eigenvalue weighted by Crippen LogP contribution is 2.20. The second-order valence-corrected chi connectivity index (χ2v) is 4.57. The van der Waals surface area contributed by atoms with Gasteiger partial charge in [0.05, 0.1) is 12.2 Å². The van der Waals surface area contributed by atoms with Crippen LogP contribution in [-0.4, -0.2) is 22.5 Å². The minimum Gasteiger partial charge on any atom is -0.359 e. The Morgan fingerprint density at radius 1 is 1.39 bits per heavy atom. The molecule has 2 heterocycles. The number of rotatable bonds is 2. The Balaban J connectivity index is 1.82. The number of carbonyl (C=O) groups is 1. The summed E-state index contributed by atoms with van der Waals surface area (Å²) in [7, 11) is 0. The fourth-order valence-corrected chi connectivity index (χ4v) is 2.30. The van der Waals surface area contributed by atoms with Crippen molar-refractivity contribution >= 4 is 5.91 Å². The summed E-state index contributed by atoms with van der Waals surface area (Å²) < 4.78 is 5.16. The molecular weight excluding hydrogens is 228 g/mol. The number of fused-ring (bicyclic) bond motifs is 1. The van der Waals surface area contributed by atoms with E-state index < -0.39 is 0 Å². The topological polar surface area (TPSA) is 46.3 Å². The van der Waals surface area contributed by atoms with Crippen molar-refractivity contribution in [2.45, 2.75) is 19.9 Å². The number of carbonyl (C=O) groups excluding carboxylic acids is 1. The zero-order chi connectivity index (χ0) is 12.5. The fraction of sp³-hybridized carbons (Fsp3) is 0.286. The van der Waals surface area contributed by atoms with Crippen LogP contribution in [0.1, 0.15) is 27.4 Å². The molecule has 18 heavy (non-hydrogen) atoms. The Labute approximate surface area is 105 Å². The molecule has 0 aliphatic carbocycles. The van der Waals surface area contributed by atoms with Crippen molar-refractivity contribution < 1.29 is 9.32 Å². The van der Waals surface area contributed by atoms with Crippen molar-refractivity contribution in [3.05, 3.63) is 52.9 Å². The molecule has 0 spiro atoms. The van der Waals surface area contributed by atoms with E-state index in [1.165, 1.54) is 0 Å². The predicted molar refractivity (Wildman–Crippen MR) is 66.1 cm³/mol. The monoisotopic (exact) mass is 242 g/mol. The number of amides is 1. The normalized spacial score (nSPS) is 14.7. The molecular formula is C14H14N2O2. The molecule has 0 atom stereocenters. The molecule has 1 aromatic carbocycles. The third kappa shape index (κ3) is 1.90. The maximum Gasteiger partial charge on any atom is 0.254 e. The van der Waals surface area contributed by atoms with Crippen molar-refractivity contribution in [3.63, 3.8) is 0 Å². The van der Waals surface area contributed by atoms with Crippen LogP contribution in [0.5, 0.6) is 0 Å². The van der Waals surface area contributed by atoms with Crippen LogP contribution >= 0.6 is 0 Å². The minimum absolute atomic E-state index is 0.0749. The summed E-state index contributed by atoms with van der Waals surface area (Å²) in [6.45, 7) is 3.10. The van der Waals surface area contributed by atoms with E-state index in [0.29, 0.717) is 6.54 Å². The third-order valence-corrected chi connectivity index (χ3v) is 3.21. The lowest BCUT2D eigenvalue weighted by Crippen LogP contribution is -2.36. The van der Waals surface area contributed by atoms with E-state index in [9.17, 15) is 4.79 Å². The maximum absolute atomic E-state index is 12.3. The molecule has 0 bridgehead atoms. The van der Waals surface area contributed by atoms with Crippen molar-refractivity contribution in [1.82, 2.24) is 10.1 Å². The molecule has 92 valence electrons.